The second-order valence-corrected chi connectivity index (χ2v) is 8.09. The Bertz CT molecular complexity index is 979. The van der Waals surface area contributed by atoms with Crippen LogP contribution < -0.4 is 0 Å². The molecule has 30 heavy (non-hydrogen) atoms. The first kappa shape index (κ1) is 19.1. The number of nitrogens with zero attached hydrogens (tertiary/aromatic N) is 2. The van der Waals surface area contributed by atoms with E-state index in [9.17, 15) is 14.0 Å². The average molecular weight is 410 g/mol. The molecule has 2 amide bonds. The summed E-state index contributed by atoms with van der Waals surface area (Å²) in [5, 5.41) is 0. The number of halogens is 1. The molecule has 1 unspecified atom stereocenters. The molecule has 3 aliphatic rings. The Morgan fingerprint density at radius 2 is 1.90 bits per heavy atom. The van der Waals surface area contributed by atoms with E-state index in [0.717, 1.165) is 17.5 Å². The minimum Gasteiger partial charge on any atom is -0.441 e. The van der Waals surface area contributed by atoms with Gasteiger partial charge in [0.15, 0.2) is 0 Å². The molecule has 0 aromatic heterocycles. The van der Waals surface area contributed by atoms with Crippen LogP contribution in [0.1, 0.15) is 29.2 Å². The van der Waals surface area contributed by atoms with Crippen molar-refractivity contribution in [3.8, 4) is 0 Å². The molecule has 0 saturated carbocycles. The standard InChI is InChI=1S/C23H23FN2O4/c1-25-18-12-19(29-13-20(18)30-23(25)28)22(27)26-11-10-14-4-2-3-5-17(14)21(26)15-6-8-16(24)9-7-15/h2-9,18-21H,10-13H2,1H3/t18-,19+,20?,21-/m0/s1. The molecule has 2 aromatic carbocycles. The Labute approximate surface area is 174 Å². The summed E-state index contributed by atoms with van der Waals surface area (Å²) in [5.74, 6) is -0.415. The predicted octanol–water partition coefficient (Wildman–Crippen LogP) is 2.91. The summed E-state index contributed by atoms with van der Waals surface area (Å²) in [6.45, 7) is 0.764. The number of rotatable bonds is 2. The van der Waals surface area contributed by atoms with Gasteiger partial charge in [0.05, 0.1) is 18.7 Å². The summed E-state index contributed by atoms with van der Waals surface area (Å²) < 4.78 is 24.7. The molecule has 0 radical (unpaired) electrons. The van der Waals surface area contributed by atoms with Gasteiger partial charge in [0.1, 0.15) is 18.0 Å². The molecule has 5 rings (SSSR count). The molecule has 2 aromatic rings. The first-order chi connectivity index (χ1) is 14.5. The Hall–Kier alpha value is -2.93. The van der Waals surface area contributed by atoms with Gasteiger partial charge >= 0.3 is 6.09 Å². The first-order valence-corrected chi connectivity index (χ1v) is 10.2. The van der Waals surface area contributed by atoms with Crippen molar-refractivity contribution in [1.82, 2.24) is 9.80 Å². The third kappa shape index (κ3) is 3.13. The van der Waals surface area contributed by atoms with Gasteiger partial charge in [0.25, 0.3) is 5.91 Å². The molecule has 2 saturated heterocycles. The molecular formula is C23H23FN2O4. The number of ether oxygens (including phenoxy) is 2. The van der Waals surface area contributed by atoms with Crippen LogP contribution in [0.3, 0.4) is 0 Å². The van der Waals surface area contributed by atoms with E-state index in [4.69, 9.17) is 9.47 Å². The van der Waals surface area contributed by atoms with Gasteiger partial charge in [0, 0.05) is 20.0 Å². The summed E-state index contributed by atoms with van der Waals surface area (Å²) >= 11 is 0. The average Bonchev–Trinajstić information content (AvgIpc) is 3.06. The molecule has 4 atom stereocenters. The van der Waals surface area contributed by atoms with Crippen LogP contribution in [-0.4, -0.2) is 60.2 Å². The lowest BCUT2D eigenvalue weighted by Crippen LogP contribution is -2.52. The van der Waals surface area contributed by atoms with Gasteiger partial charge in [-0.25, -0.2) is 9.18 Å². The SMILES string of the molecule is CN1C(=O)OC2CO[C@@H](C(=O)N3CCc4ccccc4[C@@H]3c3ccc(F)cc3)C[C@@H]21. The topological polar surface area (TPSA) is 59.1 Å². The number of amides is 2. The van der Waals surface area contributed by atoms with Crippen LogP contribution in [-0.2, 0) is 20.7 Å². The number of likely N-dealkylation sites (N-methyl/N-ethyl adjacent to an activating group) is 1. The summed E-state index contributed by atoms with van der Waals surface area (Å²) in [6, 6.07) is 13.9. The number of benzene rings is 2. The highest BCUT2D eigenvalue weighted by molar-refractivity contribution is 5.83. The zero-order valence-corrected chi connectivity index (χ0v) is 16.7. The minimum absolute atomic E-state index is 0.106. The third-order valence-electron chi connectivity index (χ3n) is 6.41. The van der Waals surface area contributed by atoms with E-state index in [1.165, 1.54) is 17.7 Å². The van der Waals surface area contributed by atoms with Crippen molar-refractivity contribution >= 4 is 12.0 Å². The highest BCUT2D eigenvalue weighted by Gasteiger charge is 2.47. The van der Waals surface area contributed by atoms with Gasteiger partial charge in [-0.05, 0) is 35.2 Å². The fraction of sp³-hybridized carbons (Fsp3) is 0.391. The predicted molar refractivity (Wildman–Crippen MR) is 106 cm³/mol. The molecule has 7 heteroatoms. The van der Waals surface area contributed by atoms with E-state index in [2.05, 4.69) is 6.07 Å². The van der Waals surface area contributed by atoms with Crippen LogP contribution in [0.2, 0.25) is 0 Å². The van der Waals surface area contributed by atoms with Gasteiger partial charge in [-0.3, -0.25) is 4.79 Å². The molecule has 3 heterocycles. The van der Waals surface area contributed by atoms with Crippen LogP contribution in [0.5, 0.6) is 0 Å². The Morgan fingerprint density at radius 1 is 1.13 bits per heavy atom. The molecule has 2 fully saturated rings. The van der Waals surface area contributed by atoms with E-state index in [1.807, 2.05) is 23.1 Å². The number of hydrogen-bond acceptors (Lipinski definition) is 4. The maximum Gasteiger partial charge on any atom is 0.410 e. The van der Waals surface area contributed by atoms with Crippen LogP contribution >= 0.6 is 0 Å². The fourth-order valence-corrected chi connectivity index (χ4v) is 4.79. The second kappa shape index (κ2) is 7.40. The summed E-state index contributed by atoms with van der Waals surface area (Å²) in [4.78, 5) is 28.8. The zero-order valence-electron chi connectivity index (χ0n) is 16.7. The summed E-state index contributed by atoms with van der Waals surface area (Å²) in [6.07, 6.45) is -0.198. The second-order valence-electron chi connectivity index (χ2n) is 8.09. The molecule has 3 aliphatic heterocycles. The monoisotopic (exact) mass is 410 g/mol. The fourth-order valence-electron chi connectivity index (χ4n) is 4.79. The van der Waals surface area contributed by atoms with Gasteiger partial charge in [-0.15, -0.1) is 0 Å². The quantitative estimate of drug-likeness (QED) is 0.764. The smallest absolute Gasteiger partial charge is 0.410 e. The van der Waals surface area contributed by atoms with Gasteiger partial charge in [-0.2, -0.15) is 0 Å². The molecule has 6 nitrogen and oxygen atoms in total. The number of carbonyl (C=O) groups is 2. The third-order valence-corrected chi connectivity index (χ3v) is 6.41. The number of hydrogen-bond donors (Lipinski definition) is 0. The highest BCUT2D eigenvalue weighted by atomic mass is 19.1. The Kier molecular flexibility index (Phi) is 4.70. The van der Waals surface area contributed by atoms with E-state index < -0.39 is 6.10 Å². The molecule has 156 valence electrons. The van der Waals surface area contributed by atoms with E-state index in [-0.39, 0.29) is 42.6 Å². The lowest BCUT2D eigenvalue weighted by Gasteiger charge is -2.41. The molecule has 0 bridgehead atoms. The highest BCUT2D eigenvalue weighted by Crippen LogP contribution is 2.37. The van der Waals surface area contributed by atoms with Crippen LogP contribution in [0.15, 0.2) is 48.5 Å². The Morgan fingerprint density at radius 3 is 2.70 bits per heavy atom. The molecule has 0 spiro atoms. The maximum absolute atomic E-state index is 13.6. The molecular weight excluding hydrogens is 387 g/mol. The van der Waals surface area contributed by atoms with Gasteiger partial charge in [0.2, 0.25) is 0 Å². The lowest BCUT2D eigenvalue weighted by atomic mass is 9.87. The maximum atomic E-state index is 13.6. The number of fused-ring (bicyclic) bond motifs is 2. The minimum atomic E-state index is -0.642. The van der Waals surface area contributed by atoms with Crippen molar-refractivity contribution in [2.75, 3.05) is 20.2 Å². The van der Waals surface area contributed by atoms with Gasteiger partial charge < -0.3 is 19.3 Å². The molecule has 0 aliphatic carbocycles. The van der Waals surface area contributed by atoms with Gasteiger partial charge in [-0.1, -0.05) is 36.4 Å². The number of carbonyl (C=O) groups excluding carboxylic acids is 2. The van der Waals surface area contributed by atoms with Crippen molar-refractivity contribution in [3.63, 3.8) is 0 Å². The van der Waals surface area contributed by atoms with E-state index >= 15 is 0 Å². The van der Waals surface area contributed by atoms with E-state index in [0.29, 0.717) is 13.0 Å². The lowest BCUT2D eigenvalue weighted by molar-refractivity contribution is -0.153. The van der Waals surface area contributed by atoms with Crippen LogP contribution in [0, 0.1) is 5.82 Å². The first-order valence-electron chi connectivity index (χ1n) is 10.2. The largest absolute Gasteiger partial charge is 0.441 e. The van der Waals surface area contributed by atoms with Crippen LogP contribution in [0.25, 0.3) is 0 Å². The van der Waals surface area contributed by atoms with Crippen molar-refractivity contribution < 1.29 is 23.5 Å². The van der Waals surface area contributed by atoms with Crippen molar-refractivity contribution in [3.05, 3.63) is 71.0 Å². The molecule has 0 N–H and O–H groups in total. The van der Waals surface area contributed by atoms with Crippen molar-refractivity contribution in [1.29, 1.82) is 0 Å². The summed E-state index contributed by atoms with van der Waals surface area (Å²) in [7, 11) is 1.69. The van der Waals surface area contributed by atoms with Crippen molar-refractivity contribution in [2.45, 2.75) is 37.1 Å². The van der Waals surface area contributed by atoms with E-state index in [1.54, 1.807) is 24.1 Å². The normalized spacial score (nSPS) is 28.0. The zero-order chi connectivity index (χ0) is 20.8. The Balaban J connectivity index is 1.45. The summed E-state index contributed by atoms with van der Waals surface area (Å²) in [5.41, 5.74) is 3.10. The van der Waals surface area contributed by atoms with Crippen molar-refractivity contribution in [2.24, 2.45) is 0 Å². The van der Waals surface area contributed by atoms with Crippen LogP contribution in [0.4, 0.5) is 9.18 Å².